The number of Topliss-reactive ketones (excluding diaryl/α,β-unsaturated/α-hetero) is 1. The molecule has 3 aromatic rings. The van der Waals surface area contributed by atoms with E-state index in [4.69, 9.17) is 9.47 Å². The van der Waals surface area contributed by atoms with Crippen LogP contribution in [0.4, 0.5) is 5.69 Å². The van der Waals surface area contributed by atoms with E-state index in [1.165, 1.54) is 5.57 Å². The summed E-state index contributed by atoms with van der Waals surface area (Å²) in [5, 5.41) is 6.01. The highest BCUT2D eigenvalue weighted by molar-refractivity contribution is 6.27. The van der Waals surface area contributed by atoms with E-state index in [-0.39, 0.29) is 18.6 Å². The SMILES string of the molecule is O=C1CCCC2=C1c1c(ccc3ccccc13)NC2c1ccc2c(c1)OCO2. The average Bonchev–Trinajstić information content (AvgIpc) is 3.21. The number of nitrogens with one attached hydrogen (secondary N) is 1. The van der Waals surface area contributed by atoms with Crippen LogP contribution in [0.25, 0.3) is 16.3 Å². The van der Waals surface area contributed by atoms with Gasteiger partial charge in [-0.3, -0.25) is 4.79 Å². The molecule has 2 heterocycles. The van der Waals surface area contributed by atoms with Crippen LogP contribution in [0.5, 0.6) is 11.5 Å². The van der Waals surface area contributed by atoms with Crippen LogP contribution < -0.4 is 14.8 Å². The summed E-state index contributed by atoms with van der Waals surface area (Å²) in [4.78, 5) is 13.1. The molecule has 138 valence electrons. The summed E-state index contributed by atoms with van der Waals surface area (Å²) in [7, 11) is 0. The van der Waals surface area contributed by atoms with E-state index in [1.54, 1.807) is 0 Å². The summed E-state index contributed by atoms with van der Waals surface area (Å²) in [6.07, 6.45) is 2.45. The molecule has 0 bridgehead atoms. The highest BCUT2D eigenvalue weighted by Crippen LogP contribution is 2.48. The van der Waals surface area contributed by atoms with Gasteiger partial charge in [-0.1, -0.05) is 36.4 Å². The number of anilines is 1. The molecule has 0 amide bonds. The molecule has 4 heteroatoms. The van der Waals surface area contributed by atoms with Gasteiger partial charge in [-0.2, -0.15) is 0 Å². The number of ether oxygens (including phenoxy) is 2. The molecule has 1 aliphatic carbocycles. The quantitative estimate of drug-likeness (QED) is 0.637. The summed E-state index contributed by atoms with van der Waals surface area (Å²) in [6, 6.07) is 18.6. The predicted octanol–water partition coefficient (Wildman–Crippen LogP) is 5.24. The van der Waals surface area contributed by atoms with Crippen molar-refractivity contribution in [2.24, 2.45) is 0 Å². The largest absolute Gasteiger partial charge is 0.454 e. The third-order valence-electron chi connectivity index (χ3n) is 6.01. The van der Waals surface area contributed by atoms with Gasteiger partial charge in [-0.25, -0.2) is 0 Å². The van der Waals surface area contributed by atoms with Crippen molar-refractivity contribution in [1.29, 1.82) is 0 Å². The van der Waals surface area contributed by atoms with Crippen molar-refractivity contribution in [3.8, 4) is 11.5 Å². The fourth-order valence-corrected chi connectivity index (χ4v) is 4.74. The molecule has 0 saturated carbocycles. The van der Waals surface area contributed by atoms with Crippen molar-refractivity contribution in [2.45, 2.75) is 25.3 Å². The van der Waals surface area contributed by atoms with Gasteiger partial charge in [0, 0.05) is 23.2 Å². The highest BCUT2D eigenvalue weighted by atomic mass is 16.7. The van der Waals surface area contributed by atoms with Crippen LogP contribution >= 0.6 is 0 Å². The van der Waals surface area contributed by atoms with E-state index in [2.05, 4.69) is 35.6 Å². The second-order valence-corrected chi connectivity index (χ2v) is 7.58. The first-order valence-corrected chi connectivity index (χ1v) is 9.74. The molecule has 0 fully saturated rings. The molecule has 4 nitrogen and oxygen atoms in total. The van der Waals surface area contributed by atoms with Crippen molar-refractivity contribution in [3.05, 3.63) is 71.3 Å². The maximum Gasteiger partial charge on any atom is 0.231 e. The van der Waals surface area contributed by atoms with Crippen LogP contribution in [0.3, 0.4) is 0 Å². The van der Waals surface area contributed by atoms with Gasteiger partial charge in [0.2, 0.25) is 6.79 Å². The van der Waals surface area contributed by atoms with Crippen molar-refractivity contribution >= 4 is 27.8 Å². The minimum atomic E-state index is -0.0255. The summed E-state index contributed by atoms with van der Waals surface area (Å²) < 4.78 is 11.0. The number of benzene rings is 3. The smallest absolute Gasteiger partial charge is 0.231 e. The maximum absolute atomic E-state index is 13.1. The maximum atomic E-state index is 13.1. The van der Waals surface area contributed by atoms with E-state index < -0.39 is 0 Å². The normalized spacial score (nSPS) is 20.0. The molecule has 3 aliphatic rings. The summed E-state index contributed by atoms with van der Waals surface area (Å²) in [5.41, 5.74) is 5.30. The summed E-state index contributed by atoms with van der Waals surface area (Å²) in [6.45, 7) is 0.262. The third kappa shape index (κ3) is 2.21. The molecule has 1 N–H and O–H groups in total. The Morgan fingerprint density at radius 3 is 2.79 bits per heavy atom. The standard InChI is InChI=1S/C24H19NO3/c26-19-7-3-6-17-23(19)22-16-5-2-1-4-14(16)8-10-18(22)25-24(17)15-9-11-20-21(12-15)28-13-27-20/h1-2,4-5,8-12,24-25H,3,6-7,13H2. The van der Waals surface area contributed by atoms with E-state index >= 15 is 0 Å². The Balaban J connectivity index is 1.59. The van der Waals surface area contributed by atoms with Gasteiger partial charge in [-0.05, 0) is 52.9 Å². The number of carbonyl (C=O) groups excluding carboxylic acids is 1. The Hall–Kier alpha value is -3.27. The first-order valence-electron chi connectivity index (χ1n) is 9.74. The van der Waals surface area contributed by atoms with Gasteiger partial charge in [0.15, 0.2) is 17.3 Å². The zero-order chi connectivity index (χ0) is 18.7. The second-order valence-electron chi connectivity index (χ2n) is 7.58. The van der Waals surface area contributed by atoms with Gasteiger partial charge in [0.1, 0.15) is 0 Å². The molecule has 1 unspecified atom stereocenters. The fourth-order valence-electron chi connectivity index (χ4n) is 4.74. The monoisotopic (exact) mass is 369 g/mol. The molecule has 0 saturated heterocycles. The van der Waals surface area contributed by atoms with Crippen LogP contribution in [-0.4, -0.2) is 12.6 Å². The molecule has 1 atom stereocenters. The molecule has 2 aliphatic heterocycles. The lowest BCUT2D eigenvalue weighted by Gasteiger charge is -2.35. The Labute approximate surface area is 162 Å². The van der Waals surface area contributed by atoms with Crippen LogP contribution in [0.1, 0.15) is 36.4 Å². The van der Waals surface area contributed by atoms with E-state index in [1.807, 2.05) is 24.3 Å². The number of allylic oxidation sites excluding steroid dienone is 1. The van der Waals surface area contributed by atoms with Crippen molar-refractivity contribution in [3.63, 3.8) is 0 Å². The Morgan fingerprint density at radius 2 is 1.82 bits per heavy atom. The minimum absolute atomic E-state index is 0.0255. The fraction of sp³-hybridized carbons (Fsp3) is 0.208. The average molecular weight is 369 g/mol. The number of ketones is 1. The first kappa shape index (κ1) is 15.8. The number of fused-ring (bicyclic) bond motifs is 5. The van der Waals surface area contributed by atoms with Gasteiger partial charge < -0.3 is 14.8 Å². The Kier molecular flexibility index (Phi) is 3.30. The highest BCUT2D eigenvalue weighted by Gasteiger charge is 2.34. The van der Waals surface area contributed by atoms with E-state index in [0.717, 1.165) is 57.5 Å². The third-order valence-corrected chi connectivity index (χ3v) is 6.01. The molecule has 6 rings (SSSR count). The number of rotatable bonds is 1. The van der Waals surface area contributed by atoms with Gasteiger partial charge in [0.05, 0.1) is 6.04 Å². The van der Waals surface area contributed by atoms with Crippen LogP contribution in [0.2, 0.25) is 0 Å². The minimum Gasteiger partial charge on any atom is -0.454 e. The lowest BCUT2D eigenvalue weighted by atomic mass is 9.77. The Morgan fingerprint density at radius 1 is 0.929 bits per heavy atom. The molecular weight excluding hydrogens is 350 g/mol. The van der Waals surface area contributed by atoms with Crippen molar-refractivity contribution < 1.29 is 14.3 Å². The Bertz CT molecular complexity index is 1180. The van der Waals surface area contributed by atoms with Crippen molar-refractivity contribution in [1.82, 2.24) is 0 Å². The van der Waals surface area contributed by atoms with Crippen LogP contribution in [0.15, 0.2) is 60.2 Å². The van der Waals surface area contributed by atoms with Gasteiger partial charge in [-0.15, -0.1) is 0 Å². The number of hydrogen-bond acceptors (Lipinski definition) is 4. The molecule has 28 heavy (non-hydrogen) atoms. The molecule has 0 radical (unpaired) electrons. The summed E-state index contributed by atoms with van der Waals surface area (Å²) >= 11 is 0. The van der Waals surface area contributed by atoms with Crippen LogP contribution in [-0.2, 0) is 4.79 Å². The second kappa shape index (κ2) is 5.86. The summed E-state index contributed by atoms with van der Waals surface area (Å²) in [5.74, 6) is 1.80. The molecular formula is C24H19NO3. The van der Waals surface area contributed by atoms with Gasteiger partial charge in [0.25, 0.3) is 0 Å². The zero-order valence-corrected chi connectivity index (χ0v) is 15.3. The topological polar surface area (TPSA) is 47.6 Å². The number of hydrogen-bond donors (Lipinski definition) is 1. The first-order chi connectivity index (χ1) is 13.8. The molecule has 3 aromatic carbocycles. The predicted molar refractivity (Wildman–Crippen MR) is 109 cm³/mol. The lowest BCUT2D eigenvalue weighted by molar-refractivity contribution is -0.114. The van der Waals surface area contributed by atoms with Crippen LogP contribution in [0, 0.1) is 0 Å². The number of carbonyl (C=O) groups is 1. The van der Waals surface area contributed by atoms with Gasteiger partial charge >= 0.3 is 0 Å². The molecule has 0 spiro atoms. The van der Waals surface area contributed by atoms with E-state index in [0.29, 0.717) is 6.42 Å². The lowest BCUT2D eigenvalue weighted by Crippen LogP contribution is -2.25. The zero-order valence-electron chi connectivity index (χ0n) is 15.3. The van der Waals surface area contributed by atoms with Crippen molar-refractivity contribution in [2.75, 3.05) is 12.1 Å². The molecule has 0 aromatic heterocycles. The van der Waals surface area contributed by atoms with E-state index in [9.17, 15) is 4.79 Å².